The molecule has 4 N–H and O–H groups in total. The van der Waals surface area contributed by atoms with E-state index in [1.807, 2.05) is 0 Å². The van der Waals surface area contributed by atoms with Crippen molar-refractivity contribution < 1.29 is 24.0 Å². The van der Waals surface area contributed by atoms with E-state index in [4.69, 9.17) is 14.9 Å². The summed E-state index contributed by atoms with van der Waals surface area (Å²) in [7, 11) is -4.31. The normalized spacial score (nSPS) is 11.9. The summed E-state index contributed by atoms with van der Waals surface area (Å²) in [6, 6.07) is 0. The van der Waals surface area contributed by atoms with Crippen LogP contribution in [0.25, 0.3) is 0 Å². The zero-order valence-corrected chi connectivity index (χ0v) is 7.54. The molecule has 0 aliphatic heterocycles. The van der Waals surface area contributed by atoms with Crippen LogP contribution in [0.15, 0.2) is 0 Å². The molecule has 74 valence electrons. The van der Waals surface area contributed by atoms with Gasteiger partial charge in [-0.2, -0.15) is 0 Å². The van der Waals surface area contributed by atoms with E-state index in [1.165, 1.54) is 0 Å². The predicted molar refractivity (Wildman–Crippen MR) is 42.6 cm³/mol. The predicted octanol–water partition coefficient (Wildman–Crippen LogP) is -0.932. The first-order valence-corrected chi connectivity index (χ1v) is 5.11. The third kappa shape index (κ3) is 10.0. The van der Waals surface area contributed by atoms with Gasteiger partial charge in [-0.1, -0.05) is 0 Å². The van der Waals surface area contributed by atoms with E-state index in [1.54, 1.807) is 0 Å². The Bertz CT molecular complexity index is 147. The third-order valence-electron chi connectivity index (χ3n) is 1.05. The average molecular weight is 199 g/mol. The van der Waals surface area contributed by atoms with Gasteiger partial charge >= 0.3 is 7.82 Å². The van der Waals surface area contributed by atoms with Crippen molar-refractivity contribution in [2.45, 2.75) is 6.42 Å². The summed E-state index contributed by atoms with van der Waals surface area (Å²) in [5.41, 5.74) is 0. The van der Waals surface area contributed by atoms with Crippen molar-refractivity contribution in [2.75, 3.05) is 26.3 Å². The second-order valence-corrected chi connectivity index (χ2v) is 3.39. The molecule has 7 heteroatoms. The highest BCUT2D eigenvalue weighted by atomic mass is 31.2. The molecule has 0 atom stereocenters. The Morgan fingerprint density at radius 2 is 2.00 bits per heavy atom. The van der Waals surface area contributed by atoms with Gasteiger partial charge in [0.1, 0.15) is 0 Å². The topological polar surface area (TPSA) is 99.0 Å². The summed E-state index contributed by atoms with van der Waals surface area (Å²) < 4.78 is 14.3. The van der Waals surface area contributed by atoms with Gasteiger partial charge in [-0.15, -0.1) is 0 Å². The fourth-order valence-corrected chi connectivity index (χ4v) is 0.895. The average Bonchev–Trinajstić information content (AvgIpc) is 1.94. The fraction of sp³-hybridized carbons (Fsp3) is 1.00. The number of hydrogen-bond donors (Lipinski definition) is 4. The molecule has 0 spiro atoms. The minimum absolute atomic E-state index is 0.0320. The van der Waals surface area contributed by atoms with E-state index in [2.05, 4.69) is 9.84 Å². The Hall–Kier alpha value is 0.0300. The zero-order chi connectivity index (χ0) is 9.45. The molecule has 0 bridgehead atoms. The molecule has 12 heavy (non-hydrogen) atoms. The molecule has 0 fully saturated rings. The Kier molecular flexibility index (Phi) is 6.55. The van der Waals surface area contributed by atoms with Crippen LogP contribution in [0.3, 0.4) is 0 Å². The fourth-order valence-electron chi connectivity index (χ4n) is 0.566. The van der Waals surface area contributed by atoms with Crippen LogP contribution in [-0.4, -0.2) is 41.2 Å². The summed E-state index contributed by atoms with van der Waals surface area (Å²) in [6.07, 6.45) is 0.621. The van der Waals surface area contributed by atoms with Gasteiger partial charge in [-0.25, -0.2) is 4.57 Å². The number of aliphatic hydroxyl groups excluding tert-OH is 1. The summed E-state index contributed by atoms with van der Waals surface area (Å²) in [5, 5.41) is 11.2. The third-order valence-corrected chi connectivity index (χ3v) is 1.57. The maximum atomic E-state index is 10.1. The molecular formula is C5H14NO5P. The van der Waals surface area contributed by atoms with Gasteiger partial charge in [0.25, 0.3) is 0 Å². The lowest BCUT2D eigenvalue weighted by molar-refractivity contribution is 0.196. The van der Waals surface area contributed by atoms with E-state index >= 15 is 0 Å². The van der Waals surface area contributed by atoms with Crippen molar-refractivity contribution in [3.8, 4) is 0 Å². The number of phosphoric ester groups is 1. The molecule has 0 aromatic heterocycles. The Morgan fingerprint density at radius 1 is 1.33 bits per heavy atom. The number of hydrogen-bond acceptors (Lipinski definition) is 4. The van der Waals surface area contributed by atoms with Crippen molar-refractivity contribution in [1.82, 2.24) is 5.32 Å². The Labute approximate surface area is 70.8 Å². The molecule has 0 aliphatic carbocycles. The van der Waals surface area contributed by atoms with Crippen LogP contribution in [0.5, 0.6) is 0 Å². The van der Waals surface area contributed by atoms with Crippen LogP contribution < -0.4 is 5.32 Å². The lowest BCUT2D eigenvalue weighted by Crippen LogP contribution is -2.21. The van der Waals surface area contributed by atoms with E-state index in [0.29, 0.717) is 19.5 Å². The van der Waals surface area contributed by atoms with E-state index in [-0.39, 0.29) is 13.2 Å². The highest BCUT2D eigenvalue weighted by Gasteiger charge is 2.11. The first-order valence-electron chi connectivity index (χ1n) is 3.58. The quantitative estimate of drug-likeness (QED) is 0.312. The van der Waals surface area contributed by atoms with Crippen LogP contribution in [0.4, 0.5) is 0 Å². The van der Waals surface area contributed by atoms with Crippen LogP contribution in [0, 0.1) is 0 Å². The van der Waals surface area contributed by atoms with Crippen LogP contribution >= 0.6 is 7.82 Å². The molecule has 6 nitrogen and oxygen atoms in total. The monoisotopic (exact) mass is 199 g/mol. The van der Waals surface area contributed by atoms with Gasteiger partial charge in [-0.3, -0.25) is 4.52 Å². The molecule has 0 amide bonds. The van der Waals surface area contributed by atoms with Gasteiger partial charge in [0.2, 0.25) is 0 Å². The molecule has 0 saturated heterocycles. The van der Waals surface area contributed by atoms with E-state index in [9.17, 15) is 4.57 Å². The first kappa shape index (κ1) is 12.0. The highest BCUT2D eigenvalue weighted by Crippen LogP contribution is 2.34. The van der Waals surface area contributed by atoms with Crippen molar-refractivity contribution in [3.05, 3.63) is 0 Å². The SMILES string of the molecule is O=P(O)(O)OCCNCCCO. The molecule has 0 aromatic carbocycles. The van der Waals surface area contributed by atoms with E-state index in [0.717, 1.165) is 0 Å². The minimum atomic E-state index is -4.31. The summed E-state index contributed by atoms with van der Waals surface area (Å²) >= 11 is 0. The molecule has 0 heterocycles. The zero-order valence-electron chi connectivity index (χ0n) is 6.64. The highest BCUT2D eigenvalue weighted by molar-refractivity contribution is 7.46. The number of aliphatic hydroxyl groups is 1. The molecule has 0 saturated carbocycles. The van der Waals surface area contributed by atoms with Crippen molar-refractivity contribution in [3.63, 3.8) is 0 Å². The van der Waals surface area contributed by atoms with Crippen molar-refractivity contribution in [2.24, 2.45) is 0 Å². The van der Waals surface area contributed by atoms with Gasteiger partial charge in [0.15, 0.2) is 0 Å². The second-order valence-electron chi connectivity index (χ2n) is 2.15. The van der Waals surface area contributed by atoms with Gasteiger partial charge in [0.05, 0.1) is 6.61 Å². The van der Waals surface area contributed by atoms with Crippen LogP contribution in [0.1, 0.15) is 6.42 Å². The smallest absolute Gasteiger partial charge is 0.396 e. The number of rotatable bonds is 7. The van der Waals surface area contributed by atoms with Crippen molar-refractivity contribution >= 4 is 7.82 Å². The van der Waals surface area contributed by atoms with E-state index < -0.39 is 7.82 Å². The molecule has 0 aliphatic rings. The van der Waals surface area contributed by atoms with Crippen LogP contribution in [-0.2, 0) is 9.09 Å². The largest absolute Gasteiger partial charge is 0.469 e. The standard InChI is InChI=1S/C5H14NO5P/c7-4-1-2-6-3-5-11-12(8,9)10/h6-7H,1-5H2,(H2,8,9,10). The van der Waals surface area contributed by atoms with Gasteiger partial charge < -0.3 is 20.2 Å². The molecule has 0 aromatic rings. The summed E-state index contributed by atoms with van der Waals surface area (Å²) in [5.74, 6) is 0. The lowest BCUT2D eigenvalue weighted by atomic mass is 10.4. The maximum absolute atomic E-state index is 10.1. The molecule has 0 rings (SSSR count). The minimum Gasteiger partial charge on any atom is -0.396 e. The maximum Gasteiger partial charge on any atom is 0.469 e. The Morgan fingerprint density at radius 3 is 2.50 bits per heavy atom. The lowest BCUT2D eigenvalue weighted by Gasteiger charge is -2.05. The molecule has 0 radical (unpaired) electrons. The van der Waals surface area contributed by atoms with Crippen LogP contribution in [0.2, 0.25) is 0 Å². The first-order chi connectivity index (χ1) is 5.56. The second kappa shape index (κ2) is 6.54. The molecule has 0 unspecified atom stereocenters. The van der Waals surface area contributed by atoms with Crippen molar-refractivity contribution in [1.29, 1.82) is 0 Å². The number of nitrogens with one attached hydrogen (secondary N) is 1. The summed E-state index contributed by atoms with van der Waals surface area (Å²) in [4.78, 5) is 16.5. The molecular weight excluding hydrogens is 185 g/mol. The number of phosphoric acid groups is 1. The van der Waals surface area contributed by atoms with Gasteiger partial charge in [-0.05, 0) is 13.0 Å². The Balaban J connectivity index is 3.06. The van der Waals surface area contributed by atoms with Gasteiger partial charge in [0, 0.05) is 13.2 Å². The summed E-state index contributed by atoms with van der Waals surface area (Å²) in [6.45, 7) is 1.05.